The van der Waals surface area contributed by atoms with Gasteiger partial charge in [-0.15, -0.1) is 0 Å². The highest BCUT2D eigenvalue weighted by Gasteiger charge is 2.32. The van der Waals surface area contributed by atoms with Crippen LogP contribution in [-0.4, -0.2) is 106 Å². The minimum absolute atomic E-state index is 0.0398. The van der Waals surface area contributed by atoms with Gasteiger partial charge in [0.2, 0.25) is 5.95 Å². The van der Waals surface area contributed by atoms with Crippen LogP contribution in [0.15, 0.2) is 65.6 Å². The Morgan fingerprint density at radius 2 is 1.64 bits per heavy atom. The van der Waals surface area contributed by atoms with E-state index in [1.54, 1.807) is 11.6 Å². The number of alkyl halides is 6. The van der Waals surface area contributed by atoms with Crippen LogP contribution < -0.4 is 24.8 Å². The van der Waals surface area contributed by atoms with Gasteiger partial charge in [-0.2, -0.15) is 41.3 Å². The number of benzene rings is 3. The van der Waals surface area contributed by atoms with Gasteiger partial charge in [0.15, 0.2) is 6.10 Å². The normalized spacial score (nSPS) is 11.8. The molecule has 0 saturated carbocycles. The highest BCUT2D eigenvalue weighted by molar-refractivity contribution is 7.90. The summed E-state index contributed by atoms with van der Waals surface area (Å²) < 4.78 is 132. The van der Waals surface area contributed by atoms with Crippen molar-refractivity contribution >= 4 is 64.8 Å². The summed E-state index contributed by atoms with van der Waals surface area (Å²) in [5.41, 5.74) is -2.24. The van der Waals surface area contributed by atoms with Gasteiger partial charge in [0.05, 0.1) is 47.0 Å². The van der Waals surface area contributed by atoms with Crippen molar-refractivity contribution in [1.82, 2.24) is 25.0 Å². The number of nitrogens with one attached hydrogen (secondary N) is 3. The first kappa shape index (κ1) is 58.4. The number of ether oxygens (including phenoxy) is 4. The zero-order chi connectivity index (χ0) is 52.5. The number of carbonyl (C=O) groups is 4. The SMILES string of the molecule is CCOC(=O)C(C)OC(=O)c1cc(Oc2ccc(C(F)(F)F)cc2Cl)ccc1[N+](=O)[O-].COc1nc(C)nc(NC(=O)NS(=O)(=O)c2ccccc2CCC(F)(F)F)n1.O=C(O)CNCP(=O)(O)O. The number of hydrogen-bond acceptors (Lipinski definition) is 17. The number of rotatable bonds is 17. The maximum Gasteiger partial charge on any atom is 0.416 e. The molecule has 4 rings (SSSR count). The van der Waals surface area contributed by atoms with Crippen LogP contribution in [0, 0.1) is 17.0 Å². The molecule has 32 heteroatoms. The Morgan fingerprint density at radius 3 is 2.19 bits per heavy atom. The first-order valence-corrected chi connectivity index (χ1v) is 22.4. The number of aryl methyl sites for hydroxylation is 2. The smallest absolute Gasteiger partial charge is 0.416 e. The fraction of sp³-hybridized carbons (Fsp3) is 0.324. The topological polar surface area (TPSA) is 335 Å². The van der Waals surface area contributed by atoms with Gasteiger partial charge in [-0.3, -0.25) is 30.1 Å². The number of halogens is 7. The second-order valence-corrected chi connectivity index (χ2v) is 16.8. The van der Waals surface area contributed by atoms with Crippen molar-refractivity contribution in [3.05, 3.63) is 98.3 Å². The first-order chi connectivity index (χ1) is 31.8. The molecule has 0 aliphatic carbocycles. The quantitative estimate of drug-likeness (QED) is 0.0227. The number of esters is 2. The molecule has 6 N–H and O–H groups in total. The van der Waals surface area contributed by atoms with Crippen LogP contribution in [0.3, 0.4) is 0 Å². The number of nitrogens with zero attached hydrogens (tertiary/aromatic N) is 4. The van der Waals surface area contributed by atoms with Gasteiger partial charge in [0, 0.05) is 18.6 Å². The van der Waals surface area contributed by atoms with Crippen LogP contribution in [0.4, 0.5) is 42.8 Å². The molecule has 1 heterocycles. The molecule has 1 atom stereocenters. The van der Waals surface area contributed by atoms with Crippen LogP contribution in [0.5, 0.6) is 17.5 Å². The third-order valence-electron chi connectivity index (χ3n) is 7.67. The zero-order valence-corrected chi connectivity index (χ0v) is 38.3. The molecule has 0 radical (unpaired) electrons. The third kappa shape index (κ3) is 21.0. The number of carboxylic acids is 1. The summed E-state index contributed by atoms with van der Waals surface area (Å²) in [6, 6.07) is 9.18. The lowest BCUT2D eigenvalue weighted by atomic mass is 10.1. The van der Waals surface area contributed by atoms with Crippen molar-refractivity contribution in [2.24, 2.45) is 0 Å². The number of nitro groups is 1. The van der Waals surface area contributed by atoms with Gasteiger partial charge in [-0.25, -0.2) is 27.5 Å². The number of nitro benzene ring substituents is 1. The second kappa shape index (κ2) is 25.6. The van der Waals surface area contributed by atoms with E-state index in [0.717, 1.165) is 36.4 Å². The number of carboxylic acid groups (broad SMARTS) is 1. The molecule has 378 valence electrons. The van der Waals surface area contributed by atoms with Crippen molar-refractivity contribution in [1.29, 1.82) is 0 Å². The lowest BCUT2D eigenvalue weighted by molar-refractivity contribution is -0.385. The average molecular weight is 1050 g/mol. The summed E-state index contributed by atoms with van der Waals surface area (Å²) in [4.78, 5) is 83.5. The van der Waals surface area contributed by atoms with E-state index in [2.05, 4.69) is 25.6 Å². The van der Waals surface area contributed by atoms with Crippen LogP contribution in [0.1, 0.15) is 47.6 Å². The lowest BCUT2D eigenvalue weighted by Gasteiger charge is -2.13. The summed E-state index contributed by atoms with van der Waals surface area (Å²) in [6.45, 7) is 3.87. The van der Waals surface area contributed by atoms with Crippen molar-refractivity contribution in [2.75, 3.05) is 31.9 Å². The number of sulfonamides is 1. The summed E-state index contributed by atoms with van der Waals surface area (Å²) in [7, 11) is -7.24. The monoisotopic (exact) mass is 1050 g/mol. The molecule has 4 aromatic rings. The molecule has 0 spiro atoms. The standard InChI is InChI=1S/C19H15ClF3NO7.C15H16F3N5O4S.C3H8NO5P/c1-3-29-17(25)10(2)30-18(26)13-9-12(5-6-15(13)24(27)28)31-16-7-4-11(8-14(16)20)19(21,22)23;1-9-19-12(22-14(20-9)27-2)21-13(24)23-28(25,26)11-6-4-3-5-10(11)7-8-15(16,17)18;5-3(6)1-4-2-10(7,8)9/h4-10H,3H2,1-2H3;3-6H,7-8H2,1-2H3,(H2,19,20,21,22,23,24);4H,1-2H2,(H,5,6)(H2,7,8,9). The van der Waals surface area contributed by atoms with E-state index in [9.17, 15) is 68.6 Å². The van der Waals surface area contributed by atoms with Gasteiger partial charge in [-0.1, -0.05) is 29.8 Å². The minimum atomic E-state index is -4.61. The van der Waals surface area contributed by atoms with E-state index in [1.165, 1.54) is 39.2 Å². The number of carbonyl (C=O) groups excluding carboxylic acids is 3. The number of hydrogen-bond donors (Lipinski definition) is 6. The van der Waals surface area contributed by atoms with Gasteiger partial charge >= 0.3 is 49.9 Å². The Bertz CT molecular complexity index is 2640. The lowest BCUT2D eigenvalue weighted by Crippen LogP contribution is -2.35. The van der Waals surface area contributed by atoms with E-state index >= 15 is 0 Å². The molecule has 0 aliphatic rings. The maximum atomic E-state index is 12.8. The number of methoxy groups -OCH3 is 1. The Hall–Kier alpha value is -6.72. The molecular formula is C37H39ClF6N7O16PS. The number of urea groups is 1. The molecule has 1 unspecified atom stereocenters. The highest BCUT2D eigenvalue weighted by Crippen LogP contribution is 2.37. The van der Waals surface area contributed by atoms with Crippen LogP contribution in [-0.2, 0) is 46.2 Å². The van der Waals surface area contributed by atoms with Gasteiger partial charge in [0.1, 0.15) is 22.9 Å². The van der Waals surface area contributed by atoms with E-state index in [1.807, 2.05) is 0 Å². The van der Waals surface area contributed by atoms with Gasteiger partial charge in [0.25, 0.3) is 15.7 Å². The van der Waals surface area contributed by atoms with Gasteiger partial charge < -0.3 is 33.8 Å². The molecule has 0 bridgehead atoms. The van der Waals surface area contributed by atoms with Crippen LogP contribution in [0.2, 0.25) is 5.02 Å². The van der Waals surface area contributed by atoms with Crippen molar-refractivity contribution in [3.8, 4) is 17.5 Å². The largest absolute Gasteiger partial charge is 0.480 e. The molecule has 3 aromatic carbocycles. The molecule has 69 heavy (non-hydrogen) atoms. The average Bonchev–Trinajstić information content (AvgIpc) is 3.22. The summed E-state index contributed by atoms with van der Waals surface area (Å²) >= 11 is 5.83. The molecular weight excluding hydrogens is 1010 g/mol. The van der Waals surface area contributed by atoms with E-state index in [4.69, 9.17) is 45.4 Å². The van der Waals surface area contributed by atoms with Gasteiger partial charge in [-0.05, 0) is 63.1 Å². The van der Waals surface area contributed by atoms with Crippen molar-refractivity contribution < 1.29 is 97.3 Å². The molecule has 0 saturated heterocycles. The minimum Gasteiger partial charge on any atom is -0.480 e. The number of aliphatic carboxylic acids is 1. The maximum absolute atomic E-state index is 12.8. The molecule has 2 amide bonds. The fourth-order valence-electron chi connectivity index (χ4n) is 4.79. The molecule has 0 fully saturated rings. The van der Waals surface area contributed by atoms with Crippen molar-refractivity contribution in [2.45, 2.75) is 57.0 Å². The van der Waals surface area contributed by atoms with E-state index in [0.29, 0.717) is 6.07 Å². The summed E-state index contributed by atoms with van der Waals surface area (Å²) in [5, 5.41) is 23.0. The fourth-order valence-corrected chi connectivity index (χ4v) is 6.59. The predicted octanol–water partition coefficient (Wildman–Crippen LogP) is 6.16. The Morgan fingerprint density at radius 1 is 0.986 bits per heavy atom. The van der Waals surface area contributed by atoms with Crippen molar-refractivity contribution in [3.63, 3.8) is 0 Å². The molecule has 23 nitrogen and oxygen atoms in total. The second-order valence-electron chi connectivity index (χ2n) is 13.1. The summed E-state index contributed by atoms with van der Waals surface area (Å²) in [6.07, 6.45) is -12.7. The predicted molar refractivity (Wildman–Crippen MR) is 225 cm³/mol. The Kier molecular flexibility index (Phi) is 21.7. The van der Waals surface area contributed by atoms with Crippen LogP contribution >= 0.6 is 19.2 Å². The van der Waals surface area contributed by atoms with E-state index < -0.39 is 112 Å². The zero-order valence-electron chi connectivity index (χ0n) is 35.8. The molecule has 0 aliphatic heterocycles. The Labute approximate surface area is 390 Å². The first-order valence-electron chi connectivity index (χ1n) is 18.8. The Balaban J connectivity index is 0.000000397. The third-order valence-corrected chi connectivity index (χ3v) is 10.0. The van der Waals surface area contributed by atoms with Crippen LogP contribution in [0.25, 0.3) is 0 Å². The number of aromatic nitrogens is 3. The number of amides is 2. The number of anilines is 1. The summed E-state index contributed by atoms with van der Waals surface area (Å²) in [5.74, 6) is -3.55. The molecule has 1 aromatic heterocycles. The highest BCUT2D eigenvalue weighted by atomic mass is 35.5. The van der Waals surface area contributed by atoms with E-state index in [-0.39, 0.29) is 46.5 Å².